The van der Waals surface area contributed by atoms with Gasteiger partial charge in [-0.15, -0.1) is 0 Å². The molecule has 0 aliphatic heterocycles. The first-order valence-corrected chi connectivity index (χ1v) is 5.57. The number of rotatable bonds is 3. The van der Waals surface area contributed by atoms with Gasteiger partial charge in [0.05, 0.1) is 18.0 Å². The van der Waals surface area contributed by atoms with E-state index >= 15 is 0 Å². The summed E-state index contributed by atoms with van der Waals surface area (Å²) in [7, 11) is 0. The van der Waals surface area contributed by atoms with Crippen molar-refractivity contribution in [3.63, 3.8) is 0 Å². The molecule has 1 aromatic heterocycles. The highest BCUT2D eigenvalue weighted by Gasteiger charge is 2.11. The van der Waals surface area contributed by atoms with Crippen molar-refractivity contribution in [1.29, 1.82) is 0 Å². The quantitative estimate of drug-likeness (QED) is 0.909. The molecule has 1 atom stereocenters. The Labute approximate surface area is 104 Å². The lowest BCUT2D eigenvalue weighted by molar-refractivity contribution is 0.173. The van der Waals surface area contributed by atoms with E-state index in [9.17, 15) is 9.50 Å². The van der Waals surface area contributed by atoms with Gasteiger partial charge in [0.25, 0.3) is 0 Å². The van der Waals surface area contributed by atoms with Crippen molar-refractivity contribution in [3.05, 3.63) is 64.7 Å². The zero-order valence-electron chi connectivity index (χ0n) is 8.98. The zero-order chi connectivity index (χ0) is 12.3. The van der Waals surface area contributed by atoms with Crippen LogP contribution < -0.4 is 0 Å². The summed E-state index contributed by atoms with van der Waals surface area (Å²) < 4.78 is 12.7. The maximum Gasteiger partial charge on any atom is 0.141 e. The van der Waals surface area contributed by atoms with Gasteiger partial charge in [-0.3, -0.25) is 4.98 Å². The molecule has 1 aromatic carbocycles. The molecule has 0 aliphatic carbocycles. The largest absolute Gasteiger partial charge is 0.386 e. The third-order valence-electron chi connectivity index (χ3n) is 2.46. The highest BCUT2D eigenvalue weighted by atomic mass is 35.5. The number of halogens is 2. The minimum absolute atomic E-state index is 0.359. The van der Waals surface area contributed by atoms with Crippen LogP contribution in [0.1, 0.15) is 17.4 Å². The van der Waals surface area contributed by atoms with Gasteiger partial charge >= 0.3 is 0 Å². The first-order chi connectivity index (χ1) is 8.16. The second-order valence-electron chi connectivity index (χ2n) is 3.71. The molecule has 2 aromatic rings. The molecule has 88 valence electrons. The van der Waals surface area contributed by atoms with Crippen molar-refractivity contribution in [3.8, 4) is 0 Å². The standard InChI is InChI=1S/C13H11ClFNO/c14-11-4-2-1-3-9(11)7-13(17)12-6-5-10(15)8-16-12/h1-6,8,13,17H,7H2. The highest BCUT2D eigenvalue weighted by molar-refractivity contribution is 6.31. The van der Waals surface area contributed by atoms with Crippen LogP contribution in [0.15, 0.2) is 42.6 Å². The minimum Gasteiger partial charge on any atom is -0.386 e. The van der Waals surface area contributed by atoms with E-state index in [2.05, 4.69) is 4.98 Å². The topological polar surface area (TPSA) is 33.1 Å². The van der Waals surface area contributed by atoms with Gasteiger partial charge < -0.3 is 5.11 Å². The Morgan fingerprint density at radius 2 is 2.00 bits per heavy atom. The Balaban J connectivity index is 2.14. The van der Waals surface area contributed by atoms with Crippen LogP contribution in [-0.2, 0) is 6.42 Å². The van der Waals surface area contributed by atoms with Crippen LogP contribution in [-0.4, -0.2) is 10.1 Å². The van der Waals surface area contributed by atoms with Crippen molar-refractivity contribution in [2.75, 3.05) is 0 Å². The fraction of sp³-hybridized carbons (Fsp3) is 0.154. The van der Waals surface area contributed by atoms with Gasteiger partial charge in [-0.1, -0.05) is 29.8 Å². The number of aromatic nitrogens is 1. The fourth-order valence-corrected chi connectivity index (χ4v) is 1.77. The summed E-state index contributed by atoms with van der Waals surface area (Å²) in [5.74, 6) is -0.418. The second-order valence-corrected chi connectivity index (χ2v) is 4.12. The van der Waals surface area contributed by atoms with Gasteiger partial charge in [0.1, 0.15) is 5.82 Å². The van der Waals surface area contributed by atoms with Gasteiger partial charge in [-0.2, -0.15) is 0 Å². The van der Waals surface area contributed by atoms with Crippen LogP contribution in [0.4, 0.5) is 4.39 Å². The van der Waals surface area contributed by atoms with Crippen molar-refractivity contribution < 1.29 is 9.50 Å². The lowest BCUT2D eigenvalue weighted by atomic mass is 10.1. The predicted molar refractivity (Wildman–Crippen MR) is 64.3 cm³/mol. The molecule has 0 saturated carbocycles. The molecule has 0 fully saturated rings. The molecule has 0 spiro atoms. The van der Waals surface area contributed by atoms with E-state index in [0.717, 1.165) is 11.8 Å². The molecule has 1 heterocycles. The van der Waals surface area contributed by atoms with E-state index in [1.807, 2.05) is 18.2 Å². The lowest BCUT2D eigenvalue weighted by Crippen LogP contribution is -2.04. The normalized spacial score (nSPS) is 12.4. The fourth-order valence-electron chi connectivity index (χ4n) is 1.56. The van der Waals surface area contributed by atoms with Crippen LogP contribution >= 0.6 is 11.6 Å². The number of aliphatic hydroxyl groups excluding tert-OH is 1. The average Bonchev–Trinajstić information content (AvgIpc) is 2.33. The Bertz CT molecular complexity index is 501. The molecule has 0 bridgehead atoms. The van der Waals surface area contributed by atoms with Crippen LogP contribution in [0, 0.1) is 5.82 Å². The van der Waals surface area contributed by atoms with Crippen molar-refractivity contribution in [2.45, 2.75) is 12.5 Å². The Morgan fingerprint density at radius 3 is 2.65 bits per heavy atom. The van der Waals surface area contributed by atoms with E-state index in [0.29, 0.717) is 17.1 Å². The lowest BCUT2D eigenvalue weighted by Gasteiger charge is -2.11. The molecule has 1 N–H and O–H groups in total. The van der Waals surface area contributed by atoms with Gasteiger partial charge in [-0.05, 0) is 23.8 Å². The van der Waals surface area contributed by atoms with Gasteiger partial charge in [-0.25, -0.2) is 4.39 Å². The van der Waals surface area contributed by atoms with E-state index in [1.54, 1.807) is 6.07 Å². The Kier molecular flexibility index (Phi) is 3.71. The summed E-state index contributed by atoms with van der Waals surface area (Å²) in [6.45, 7) is 0. The van der Waals surface area contributed by atoms with Gasteiger partial charge in [0, 0.05) is 11.4 Å². The van der Waals surface area contributed by atoms with E-state index in [1.165, 1.54) is 12.1 Å². The smallest absolute Gasteiger partial charge is 0.141 e. The van der Waals surface area contributed by atoms with Crippen LogP contribution in [0.5, 0.6) is 0 Å². The molecule has 4 heteroatoms. The summed E-state index contributed by atoms with van der Waals surface area (Å²) in [5.41, 5.74) is 1.28. The summed E-state index contributed by atoms with van der Waals surface area (Å²) in [6, 6.07) is 10.0. The first-order valence-electron chi connectivity index (χ1n) is 5.20. The van der Waals surface area contributed by atoms with E-state index in [4.69, 9.17) is 11.6 Å². The molecule has 1 unspecified atom stereocenters. The molecule has 2 nitrogen and oxygen atoms in total. The third kappa shape index (κ3) is 3.02. The third-order valence-corrected chi connectivity index (χ3v) is 2.83. The number of pyridine rings is 1. The number of hydrogen-bond acceptors (Lipinski definition) is 2. The maximum atomic E-state index is 12.7. The summed E-state index contributed by atoms with van der Waals surface area (Å²) in [4.78, 5) is 3.84. The molecule has 0 saturated heterocycles. The molecule has 2 rings (SSSR count). The molecular weight excluding hydrogens is 241 g/mol. The first kappa shape index (κ1) is 12.0. The summed E-state index contributed by atoms with van der Waals surface area (Å²) in [6.07, 6.45) is 0.666. The number of nitrogens with zero attached hydrogens (tertiary/aromatic N) is 1. The van der Waals surface area contributed by atoms with Crippen molar-refractivity contribution in [1.82, 2.24) is 4.98 Å². The molecule has 17 heavy (non-hydrogen) atoms. The van der Waals surface area contributed by atoms with Crippen LogP contribution in [0.2, 0.25) is 5.02 Å². The maximum absolute atomic E-state index is 12.7. The molecule has 0 aliphatic rings. The molecular formula is C13H11ClFNO. The summed E-state index contributed by atoms with van der Waals surface area (Å²) in [5, 5.41) is 10.6. The number of benzene rings is 1. The Hall–Kier alpha value is -1.45. The van der Waals surface area contributed by atoms with Crippen LogP contribution in [0.25, 0.3) is 0 Å². The zero-order valence-corrected chi connectivity index (χ0v) is 9.73. The number of hydrogen-bond donors (Lipinski definition) is 1. The molecule has 0 amide bonds. The predicted octanol–water partition coefficient (Wildman–Crippen LogP) is 3.15. The van der Waals surface area contributed by atoms with E-state index < -0.39 is 11.9 Å². The van der Waals surface area contributed by atoms with E-state index in [-0.39, 0.29) is 0 Å². The average molecular weight is 252 g/mol. The number of aliphatic hydroxyl groups is 1. The van der Waals surface area contributed by atoms with Crippen LogP contribution in [0.3, 0.4) is 0 Å². The molecule has 0 radical (unpaired) electrons. The Morgan fingerprint density at radius 1 is 1.24 bits per heavy atom. The van der Waals surface area contributed by atoms with Gasteiger partial charge in [0.15, 0.2) is 0 Å². The monoisotopic (exact) mass is 251 g/mol. The highest BCUT2D eigenvalue weighted by Crippen LogP contribution is 2.22. The van der Waals surface area contributed by atoms with Gasteiger partial charge in [0.2, 0.25) is 0 Å². The van der Waals surface area contributed by atoms with Crippen molar-refractivity contribution in [2.24, 2.45) is 0 Å². The summed E-state index contributed by atoms with van der Waals surface area (Å²) >= 11 is 5.99. The van der Waals surface area contributed by atoms with Crippen molar-refractivity contribution >= 4 is 11.6 Å². The SMILES string of the molecule is OC(Cc1ccccc1Cl)c1ccc(F)cn1. The second kappa shape index (κ2) is 5.25. The minimum atomic E-state index is -0.782.